The zero-order valence-corrected chi connectivity index (χ0v) is 19.3. The third kappa shape index (κ3) is 7.11. The average molecular weight is 548 g/mol. The number of ether oxygens (including phenoxy) is 1. The van der Waals surface area contributed by atoms with Crippen molar-refractivity contribution in [1.29, 1.82) is 0 Å². The number of benzene rings is 3. The summed E-state index contributed by atoms with van der Waals surface area (Å²) in [6.45, 7) is 0. The van der Waals surface area contributed by atoms with Crippen LogP contribution in [0.1, 0.15) is 17.5 Å². The summed E-state index contributed by atoms with van der Waals surface area (Å²) in [5, 5.41) is 12.6. The van der Waals surface area contributed by atoms with Crippen molar-refractivity contribution in [2.45, 2.75) is 12.8 Å². The molecule has 0 unspecified atom stereocenters. The molecule has 0 bridgehead atoms. The van der Waals surface area contributed by atoms with E-state index in [1.54, 1.807) is 36.4 Å². The highest BCUT2D eigenvalue weighted by Gasteiger charge is 2.12. The van der Waals surface area contributed by atoms with Gasteiger partial charge in [-0.3, -0.25) is 4.79 Å². The first kappa shape index (κ1) is 22.8. The first-order valence-corrected chi connectivity index (χ1v) is 10.9. The van der Waals surface area contributed by atoms with Crippen molar-refractivity contribution >= 4 is 52.1 Å². The van der Waals surface area contributed by atoms with Gasteiger partial charge in [0.05, 0.1) is 3.57 Å². The Hall–Kier alpha value is -2.84. The van der Waals surface area contributed by atoms with Crippen LogP contribution in [0.3, 0.4) is 0 Å². The van der Waals surface area contributed by atoms with E-state index < -0.39 is 5.97 Å². The number of para-hydroxylation sites is 1. The molecule has 0 aliphatic rings. The van der Waals surface area contributed by atoms with Gasteiger partial charge in [0, 0.05) is 11.4 Å². The second-order valence-corrected chi connectivity index (χ2v) is 8.24. The van der Waals surface area contributed by atoms with E-state index in [0.717, 1.165) is 14.9 Å². The number of rotatable bonds is 8. The lowest BCUT2D eigenvalue weighted by Gasteiger charge is -2.09. The molecule has 0 atom stereocenters. The summed E-state index contributed by atoms with van der Waals surface area (Å²) in [6.07, 6.45) is 2.06. The first-order chi connectivity index (χ1) is 14.9. The molecular formula is C24H19ClINO4. The van der Waals surface area contributed by atoms with E-state index in [1.807, 2.05) is 36.4 Å². The lowest BCUT2D eigenvalue weighted by molar-refractivity contribution is -0.134. The van der Waals surface area contributed by atoms with Crippen LogP contribution in [0.25, 0.3) is 6.08 Å². The molecule has 31 heavy (non-hydrogen) atoms. The third-order valence-electron chi connectivity index (χ3n) is 4.31. The van der Waals surface area contributed by atoms with Crippen molar-refractivity contribution in [1.82, 2.24) is 5.32 Å². The Kier molecular flexibility index (Phi) is 8.08. The van der Waals surface area contributed by atoms with Gasteiger partial charge in [-0.25, -0.2) is 4.79 Å². The number of carboxylic acids is 1. The first-order valence-electron chi connectivity index (χ1n) is 9.42. The topological polar surface area (TPSA) is 75.6 Å². The molecule has 158 valence electrons. The second-order valence-electron chi connectivity index (χ2n) is 6.64. The van der Waals surface area contributed by atoms with Crippen LogP contribution < -0.4 is 10.1 Å². The smallest absolute Gasteiger partial charge is 0.352 e. The van der Waals surface area contributed by atoms with Crippen LogP contribution in [0.5, 0.6) is 11.5 Å². The van der Waals surface area contributed by atoms with E-state index in [0.29, 0.717) is 22.8 Å². The Bertz CT molecular complexity index is 1100. The average Bonchev–Trinajstić information content (AvgIpc) is 2.75. The van der Waals surface area contributed by atoms with E-state index >= 15 is 0 Å². The maximum atomic E-state index is 12.2. The Balaban J connectivity index is 1.63. The fraction of sp³-hybridized carbons (Fsp3) is 0.0833. The molecule has 0 spiro atoms. The fourth-order valence-electron chi connectivity index (χ4n) is 2.73. The van der Waals surface area contributed by atoms with Gasteiger partial charge in [-0.1, -0.05) is 48.0 Å². The summed E-state index contributed by atoms with van der Waals surface area (Å²) < 4.78 is 6.82. The van der Waals surface area contributed by atoms with Gasteiger partial charge in [-0.05, 0) is 82.6 Å². The van der Waals surface area contributed by atoms with E-state index in [9.17, 15) is 14.7 Å². The van der Waals surface area contributed by atoms with Gasteiger partial charge in [0.25, 0.3) is 0 Å². The SMILES string of the molecule is O=C(CCc1ccc(Cl)cc1)N/C(=C\c1ccc(Oc2ccccc2I)cc1)C(=O)O. The molecule has 5 nitrogen and oxygen atoms in total. The molecule has 0 aliphatic heterocycles. The van der Waals surface area contributed by atoms with Gasteiger partial charge in [0.1, 0.15) is 17.2 Å². The van der Waals surface area contributed by atoms with E-state index in [1.165, 1.54) is 6.08 Å². The van der Waals surface area contributed by atoms with Gasteiger partial charge in [0.15, 0.2) is 0 Å². The summed E-state index contributed by atoms with van der Waals surface area (Å²) in [6, 6.07) is 21.8. The summed E-state index contributed by atoms with van der Waals surface area (Å²) in [7, 11) is 0. The van der Waals surface area contributed by atoms with Gasteiger partial charge < -0.3 is 15.2 Å². The molecule has 0 heterocycles. The number of nitrogens with one attached hydrogen (secondary N) is 1. The van der Waals surface area contributed by atoms with Crippen molar-refractivity contribution in [2.75, 3.05) is 0 Å². The van der Waals surface area contributed by atoms with Crippen LogP contribution >= 0.6 is 34.2 Å². The van der Waals surface area contributed by atoms with Crippen molar-refractivity contribution in [3.63, 3.8) is 0 Å². The Morgan fingerprint density at radius 1 is 1.00 bits per heavy atom. The number of aliphatic carboxylic acids is 1. The van der Waals surface area contributed by atoms with Crippen molar-refractivity contribution in [3.8, 4) is 11.5 Å². The Morgan fingerprint density at radius 3 is 2.32 bits per heavy atom. The summed E-state index contributed by atoms with van der Waals surface area (Å²) in [4.78, 5) is 23.8. The summed E-state index contributed by atoms with van der Waals surface area (Å²) in [5.74, 6) is -0.211. The maximum absolute atomic E-state index is 12.2. The monoisotopic (exact) mass is 547 g/mol. The lowest BCUT2D eigenvalue weighted by Crippen LogP contribution is -2.27. The molecule has 7 heteroatoms. The molecule has 0 radical (unpaired) electrons. The number of hydrogen-bond acceptors (Lipinski definition) is 3. The minimum atomic E-state index is -1.21. The number of carboxylic acid groups (broad SMARTS) is 1. The van der Waals surface area contributed by atoms with Gasteiger partial charge in [-0.15, -0.1) is 0 Å². The van der Waals surface area contributed by atoms with Crippen LogP contribution in [0.4, 0.5) is 0 Å². The zero-order chi connectivity index (χ0) is 22.2. The van der Waals surface area contributed by atoms with Crippen LogP contribution in [-0.2, 0) is 16.0 Å². The fourth-order valence-corrected chi connectivity index (χ4v) is 3.35. The molecule has 2 N–H and O–H groups in total. The number of carbonyl (C=O) groups is 2. The molecule has 0 aromatic heterocycles. The molecule has 3 rings (SSSR count). The quantitative estimate of drug-likeness (QED) is 0.272. The highest BCUT2D eigenvalue weighted by atomic mass is 127. The number of hydrogen-bond donors (Lipinski definition) is 2. The summed E-state index contributed by atoms with van der Waals surface area (Å²) >= 11 is 8.05. The number of halogens is 2. The van der Waals surface area contributed by atoms with Crippen molar-refractivity contribution in [3.05, 3.63) is 98.2 Å². The summed E-state index contributed by atoms with van der Waals surface area (Å²) in [5.41, 5.74) is 1.39. The molecule has 1 amide bonds. The molecule has 3 aromatic rings. The highest BCUT2D eigenvalue weighted by Crippen LogP contribution is 2.26. The van der Waals surface area contributed by atoms with Crippen LogP contribution in [-0.4, -0.2) is 17.0 Å². The van der Waals surface area contributed by atoms with Crippen LogP contribution in [0, 0.1) is 3.57 Å². The minimum Gasteiger partial charge on any atom is -0.477 e. The minimum absolute atomic E-state index is 0.161. The molecular weight excluding hydrogens is 529 g/mol. The number of amides is 1. The molecule has 0 aliphatic carbocycles. The van der Waals surface area contributed by atoms with Crippen molar-refractivity contribution in [2.24, 2.45) is 0 Å². The second kappa shape index (κ2) is 11.0. The molecule has 0 saturated heterocycles. The van der Waals surface area contributed by atoms with Crippen molar-refractivity contribution < 1.29 is 19.4 Å². The van der Waals surface area contributed by atoms with Gasteiger partial charge >= 0.3 is 5.97 Å². The Morgan fingerprint density at radius 2 is 1.68 bits per heavy atom. The van der Waals surface area contributed by atoms with Gasteiger partial charge in [0.2, 0.25) is 5.91 Å². The predicted molar refractivity (Wildman–Crippen MR) is 129 cm³/mol. The Labute approximate surface area is 198 Å². The van der Waals surface area contributed by atoms with E-state index in [4.69, 9.17) is 16.3 Å². The highest BCUT2D eigenvalue weighted by molar-refractivity contribution is 14.1. The standard InChI is InChI=1S/C24H19ClINO4/c25-18-10-5-16(6-11-18)9-14-23(28)27-21(24(29)30)15-17-7-12-19(13-8-17)31-22-4-2-1-3-20(22)26/h1-8,10-13,15H,9,14H2,(H,27,28)(H,29,30)/b21-15-. The molecule has 3 aromatic carbocycles. The molecule has 0 saturated carbocycles. The van der Waals surface area contributed by atoms with E-state index in [2.05, 4.69) is 27.9 Å². The zero-order valence-electron chi connectivity index (χ0n) is 16.3. The van der Waals surface area contributed by atoms with Crippen LogP contribution in [0.2, 0.25) is 5.02 Å². The normalized spacial score (nSPS) is 11.1. The van der Waals surface area contributed by atoms with Gasteiger partial charge in [-0.2, -0.15) is 0 Å². The molecule has 0 fully saturated rings. The maximum Gasteiger partial charge on any atom is 0.352 e. The number of aryl methyl sites for hydroxylation is 1. The lowest BCUT2D eigenvalue weighted by atomic mass is 10.1. The number of carbonyl (C=O) groups excluding carboxylic acids is 1. The third-order valence-corrected chi connectivity index (χ3v) is 5.46. The largest absolute Gasteiger partial charge is 0.477 e. The van der Waals surface area contributed by atoms with Crippen LogP contribution in [0.15, 0.2) is 78.5 Å². The predicted octanol–water partition coefficient (Wildman–Crippen LogP) is 5.91. The van der Waals surface area contributed by atoms with E-state index in [-0.39, 0.29) is 18.0 Å².